The molecule has 1 aliphatic heterocycles. The maximum Gasteiger partial charge on any atom is 0.327 e. The van der Waals surface area contributed by atoms with Gasteiger partial charge in [-0.1, -0.05) is 12.0 Å². The highest BCUT2D eigenvalue weighted by Gasteiger charge is 2.31. The van der Waals surface area contributed by atoms with E-state index in [1.807, 2.05) is 0 Å². The number of piperidine rings is 1. The molecule has 0 radical (unpaired) electrons. The molecular formula is C22H21N5O4. The van der Waals surface area contributed by atoms with E-state index in [-0.39, 0.29) is 34.5 Å². The number of nitro benzene ring substituents is 1. The molecule has 0 atom stereocenters. The Morgan fingerprint density at radius 3 is 2.81 bits per heavy atom. The third-order valence-corrected chi connectivity index (χ3v) is 5.09. The molecule has 2 heterocycles. The quantitative estimate of drug-likeness (QED) is 0.355. The third-order valence-electron chi connectivity index (χ3n) is 5.09. The minimum Gasteiger partial charge on any atom is -0.493 e. The van der Waals surface area contributed by atoms with Crippen LogP contribution >= 0.6 is 0 Å². The Morgan fingerprint density at radius 2 is 2.10 bits per heavy atom. The van der Waals surface area contributed by atoms with Crippen LogP contribution in [0.4, 0.5) is 17.2 Å². The molecule has 0 bridgehead atoms. The van der Waals surface area contributed by atoms with Gasteiger partial charge in [-0.05, 0) is 44.1 Å². The summed E-state index contributed by atoms with van der Waals surface area (Å²) in [5, 5.41) is 18.8. The van der Waals surface area contributed by atoms with Gasteiger partial charge < -0.3 is 20.1 Å². The van der Waals surface area contributed by atoms with Gasteiger partial charge in [0.15, 0.2) is 5.75 Å². The number of methoxy groups -OCH3 is 1. The number of hydrogen-bond acceptors (Lipinski definition) is 8. The Balaban J connectivity index is 1.87. The van der Waals surface area contributed by atoms with Crippen molar-refractivity contribution in [2.45, 2.75) is 18.9 Å². The average molecular weight is 419 g/mol. The van der Waals surface area contributed by atoms with Gasteiger partial charge in [0.05, 0.1) is 17.5 Å². The van der Waals surface area contributed by atoms with E-state index in [2.05, 4.69) is 26.5 Å². The molecule has 9 heteroatoms. The van der Waals surface area contributed by atoms with Crippen LogP contribution in [0, 0.1) is 22.5 Å². The first-order chi connectivity index (χ1) is 15.1. The van der Waals surface area contributed by atoms with Crippen LogP contribution in [0.15, 0.2) is 36.7 Å². The van der Waals surface area contributed by atoms with E-state index in [0.717, 1.165) is 25.9 Å². The molecule has 0 amide bonds. The lowest BCUT2D eigenvalue weighted by Gasteiger charge is -2.24. The first-order valence-corrected chi connectivity index (χ1v) is 9.82. The molecule has 1 saturated heterocycles. The SMILES string of the molecule is C#Cc1cccc(Nc2ncnc3cc(OC)c(OC4CCNCC4)c([N+](=O)[O-])c23)c1. The minimum absolute atomic E-state index is 0.0853. The molecule has 0 aliphatic carbocycles. The van der Waals surface area contributed by atoms with Crippen LogP contribution in [0.2, 0.25) is 0 Å². The number of hydrogen-bond donors (Lipinski definition) is 2. The van der Waals surface area contributed by atoms with Gasteiger partial charge in [0.25, 0.3) is 0 Å². The standard InChI is InChI=1S/C22H21N5O4/c1-3-14-5-4-6-15(11-14)26-22-19-17(24-13-25-22)12-18(30-2)21(20(19)27(28)29)31-16-7-9-23-10-8-16/h1,4-6,11-13,16,23H,7-10H2,2H3,(H,24,25,26). The average Bonchev–Trinajstić information content (AvgIpc) is 2.79. The number of benzene rings is 2. The summed E-state index contributed by atoms with van der Waals surface area (Å²) in [5.74, 6) is 3.19. The van der Waals surface area contributed by atoms with Crippen molar-refractivity contribution in [3.63, 3.8) is 0 Å². The highest BCUT2D eigenvalue weighted by molar-refractivity contribution is 6.01. The van der Waals surface area contributed by atoms with Gasteiger partial charge in [-0.15, -0.1) is 6.42 Å². The molecule has 31 heavy (non-hydrogen) atoms. The molecule has 0 unspecified atom stereocenters. The number of terminal acetylenes is 1. The molecule has 3 aromatic rings. The predicted octanol–water partition coefficient (Wildman–Crippen LogP) is 3.40. The zero-order chi connectivity index (χ0) is 21.8. The molecule has 1 fully saturated rings. The first-order valence-electron chi connectivity index (χ1n) is 9.82. The lowest BCUT2D eigenvalue weighted by molar-refractivity contribution is -0.384. The predicted molar refractivity (Wildman–Crippen MR) is 117 cm³/mol. The molecule has 9 nitrogen and oxygen atoms in total. The van der Waals surface area contributed by atoms with Crippen LogP contribution in [0.3, 0.4) is 0 Å². The molecular weight excluding hydrogens is 398 g/mol. The zero-order valence-corrected chi connectivity index (χ0v) is 16.9. The summed E-state index contributed by atoms with van der Waals surface area (Å²) in [4.78, 5) is 20.2. The Labute approximate surface area is 179 Å². The topological polar surface area (TPSA) is 111 Å². The molecule has 0 spiro atoms. The molecule has 1 aliphatic rings. The highest BCUT2D eigenvalue weighted by atomic mass is 16.6. The monoisotopic (exact) mass is 419 g/mol. The van der Waals surface area contributed by atoms with E-state index >= 15 is 0 Å². The van der Waals surface area contributed by atoms with Crippen molar-refractivity contribution < 1.29 is 14.4 Å². The van der Waals surface area contributed by atoms with E-state index < -0.39 is 4.92 Å². The summed E-state index contributed by atoms with van der Waals surface area (Å²) in [6.45, 7) is 1.57. The fourth-order valence-corrected chi connectivity index (χ4v) is 3.60. The van der Waals surface area contributed by atoms with Gasteiger partial charge >= 0.3 is 5.69 Å². The number of nitro groups is 1. The van der Waals surface area contributed by atoms with Gasteiger partial charge in [-0.3, -0.25) is 10.1 Å². The van der Waals surface area contributed by atoms with Crippen molar-refractivity contribution in [2.75, 3.05) is 25.5 Å². The van der Waals surface area contributed by atoms with Gasteiger partial charge in [0.2, 0.25) is 5.75 Å². The van der Waals surface area contributed by atoms with E-state index in [9.17, 15) is 10.1 Å². The summed E-state index contributed by atoms with van der Waals surface area (Å²) in [7, 11) is 1.45. The fraction of sp³-hybridized carbons (Fsp3) is 0.273. The second-order valence-electron chi connectivity index (χ2n) is 7.05. The van der Waals surface area contributed by atoms with Crippen LogP contribution in [-0.2, 0) is 0 Å². The van der Waals surface area contributed by atoms with E-state index in [1.54, 1.807) is 30.3 Å². The van der Waals surface area contributed by atoms with E-state index in [0.29, 0.717) is 16.8 Å². The maximum absolute atomic E-state index is 12.2. The summed E-state index contributed by atoms with van der Waals surface area (Å²) >= 11 is 0. The van der Waals surface area contributed by atoms with E-state index in [1.165, 1.54) is 13.4 Å². The van der Waals surface area contributed by atoms with Crippen LogP contribution in [0.5, 0.6) is 11.5 Å². The molecule has 158 valence electrons. The zero-order valence-electron chi connectivity index (χ0n) is 16.9. The third kappa shape index (κ3) is 4.20. The highest BCUT2D eigenvalue weighted by Crippen LogP contribution is 2.46. The number of fused-ring (bicyclic) bond motifs is 1. The number of nitrogens with zero attached hydrogens (tertiary/aromatic N) is 3. The van der Waals surface area contributed by atoms with Crippen molar-refractivity contribution in [1.29, 1.82) is 0 Å². The molecule has 4 rings (SSSR count). The maximum atomic E-state index is 12.2. The number of nitrogens with one attached hydrogen (secondary N) is 2. The molecule has 2 aromatic carbocycles. The van der Waals surface area contributed by atoms with Gasteiger partial charge in [0, 0.05) is 17.3 Å². The Morgan fingerprint density at radius 1 is 1.29 bits per heavy atom. The molecule has 0 saturated carbocycles. The lowest BCUT2D eigenvalue weighted by atomic mass is 10.1. The number of ether oxygens (including phenoxy) is 2. The first kappa shape index (κ1) is 20.4. The smallest absolute Gasteiger partial charge is 0.327 e. The lowest BCUT2D eigenvalue weighted by Crippen LogP contribution is -2.34. The normalized spacial score (nSPS) is 14.1. The fourth-order valence-electron chi connectivity index (χ4n) is 3.60. The van der Waals surface area contributed by atoms with Crippen LogP contribution < -0.4 is 20.1 Å². The van der Waals surface area contributed by atoms with Crippen LogP contribution in [0.25, 0.3) is 10.9 Å². The molecule has 2 N–H and O–H groups in total. The van der Waals surface area contributed by atoms with Crippen molar-refractivity contribution in [2.24, 2.45) is 0 Å². The van der Waals surface area contributed by atoms with E-state index in [4.69, 9.17) is 15.9 Å². The summed E-state index contributed by atoms with van der Waals surface area (Å²) in [6, 6.07) is 8.78. The van der Waals surface area contributed by atoms with Crippen molar-refractivity contribution in [3.05, 3.63) is 52.3 Å². The second kappa shape index (κ2) is 8.85. The van der Waals surface area contributed by atoms with Crippen molar-refractivity contribution in [3.8, 4) is 23.8 Å². The second-order valence-corrected chi connectivity index (χ2v) is 7.05. The summed E-state index contributed by atoms with van der Waals surface area (Å²) in [5.41, 5.74) is 1.46. The van der Waals surface area contributed by atoms with Crippen molar-refractivity contribution in [1.82, 2.24) is 15.3 Å². The Kier molecular flexibility index (Phi) is 5.82. The molecule has 1 aromatic heterocycles. The number of anilines is 2. The Hall–Kier alpha value is -3.90. The summed E-state index contributed by atoms with van der Waals surface area (Å²) < 4.78 is 11.5. The summed E-state index contributed by atoms with van der Waals surface area (Å²) in [6.07, 6.45) is 8.15. The van der Waals surface area contributed by atoms with Crippen LogP contribution in [-0.4, -0.2) is 41.2 Å². The number of rotatable bonds is 6. The van der Waals surface area contributed by atoms with Gasteiger partial charge in [-0.25, -0.2) is 9.97 Å². The Bertz CT molecular complexity index is 1170. The van der Waals surface area contributed by atoms with Gasteiger partial charge in [0.1, 0.15) is 23.6 Å². The largest absolute Gasteiger partial charge is 0.493 e. The van der Waals surface area contributed by atoms with Crippen molar-refractivity contribution >= 4 is 28.1 Å². The number of aromatic nitrogens is 2. The minimum atomic E-state index is -0.479. The van der Waals surface area contributed by atoms with Crippen LogP contribution in [0.1, 0.15) is 18.4 Å². The van der Waals surface area contributed by atoms with Gasteiger partial charge in [-0.2, -0.15) is 0 Å².